The van der Waals surface area contributed by atoms with Crippen LogP contribution in [0, 0.1) is 5.92 Å². The van der Waals surface area contributed by atoms with Crippen LogP contribution in [0.5, 0.6) is 0 Å². The molecule has 13 heavy (non-hydrogen) atoms. The van der Waals surface area contributed by atoms with Gasteiger partial charge in [-0.3, -0.25) is 9.69 Å². The Kier molecular flexibility index (Phi) is 2.41. The Morgan fingerprint density at radius 2 is 2.00 bits per heavy atom. The first-order chi connectivity index (χ1) is 6.20. The van der Waals surface area contributed by atoms with Crippen molar-refractivity contribution < 1.29 is 4.79 Å². The van der Waals surface area contributed by atoms with Crippen LogP contribution in [0.3, 0.4) is 0 Å². The number of likely N-dealkylation sites (N-methyl/N-ethyl adjacent to an activating group) is 1. The molecule has 0 bridgehead atoms. The molecule has 3 atom stereocenters. The van der Waals surface area contributed by atoms with Crippen LogP contribution in [0.4, 0.5) is 0 Å². The third-order valence-electron chi connectivity index (χ3n) is 3.88. The standard InChI is InChI=1S/C11H19NO/c1-8(13)11-7-9-5-3-4-6-10(9)12(11)2/h9-11H,3-7H2,1-2H3/t9-,10-,11-/m0/s1. The number of fused-ring (bicyclic) bond motifs is 1. The summed E-state index contributed by atoms with van der Waals surface area (Å²) < 4.78 is 0. The van der Waals surface area contributed by atoms with E-state index in [4.69, 9.17) is 0 Å². The van der Waals surface area contributed by atoms with Crippen LogP contribution in [0.2, 0.25) is 0 Å². The van der Waals surface area contributed by atoms with Crippen LogP contribution in [0.15, 0.2) is 0 Å². The van der Waals surface area contributed by atoms with Crippen LogP contribution in [0.1, 0.15) is 39.0 Å². The molecule has 2 rings (SSSR count). The molecule has 2 aliphatic rings. The molecule has 0 spiro atoms. The van der Waals surface area contributed by atoms with Gasteiger partial charge >= 0.3 is 0 Å². The van der Waals surface area contributed by atoms with E-state index in [1.54, 1.807) is 6.92 Å². The molecule has 1 aliphatic heterocycles. The van der Waals surface area contributed by atoms with Crippen LogP contribution in [-0.2, 0) is 4.79 Å². The third kappa shape index (κ3) is 1.52. The first-order valence-corrected chi connectivity index (χ1v) is 5.42. The molecule has 1 heterocycles. The van der Waals surface area contributed by atoms with Crippen molar-refractivity contribution in [1.82, 2.24) is 4.90 Å². The lowest BCUT2D eigenvalue weighted by molar-refractivity contribution is -0.121. The highest BCUT2D eigenvalue weighted by Gasteiger charge is 2.41. The number of Topliss-reactive ketones (excluding diaryl/α,β-unsaturated/α-hetero) is 1. The molecule has 74 valence electrons. The number of hydrogen-bond acceptors (Lipinski definition) is 2. The van der Waals surface area contributed by atoms with E-state index in [9.17, 15) is 4.79 Å². The SMILES string of the molecule is CC(=O)[C@@H]1C[C@@H]2CCCC[C@@H]2N1C. The minimum Gasteiger partial charge on any atom is -0.298 e. The number of rotatable bonds is 1. The summed E-state index contributed by atoms with van der Waals surface area (Å²) in [5, 5.41) is 0. The van der Waals surface area contributed by atoms with Gasteiger partial charge < -0.3 is 0 Å². The number of nitrogens with zero attached hydrogens (tertiary/aromatic N) is 1. The van der Waals surface area contributed by atoms with Gasteiger partial charge in [-0.15, -0.1) is 0 Å². The highest BCUT2D eigenvalue weighted by Crippen LogP contribution is 2.38. The van der Waals surface area contributed by atoms with Gasteiger partial charge in [-0.2, -0.15) is 0 Å². The summed E-state index contributed by atoms with van der Waals surface area (Å²) in [7, 11) is 2.13. The fourth-order valence-corrected chi connectivity index (χ4v) is 3.14. The monoisotopic (exact) mass is 181 g/mol. The highest BCUT2D eigenvalue weighted by molar-refractivity contribution is 5.81. The molecular formula is C11H19NO. The summed E-state index contributed by atoms with van der Waals surface area (Å²) >= 11 is 0. The lowest BCUT2D eigenvalue weighted by Crippen LogP contribution is -2.38. The molecule has 0 amide bonds. The smallest absolute Gasteiger partial charge is 0.146 e. The first-order valence-electron chi connectivity index (χ1n) is 5.42. The molecule has 0 unspecified atom stereocenters. The summed E-state index contributed by atoms with van der Waals surface area (Å²) in [6.45, 7) is 1.73. The Hall–Kier alpha value is -0.370. The van der Waals surface area contributed by atoms with Gasteiger partial charge in [0.15, 0.2) is 0 Å². The van der Waals surface area contributed by atoms with Gasteiger partial charge in [-0.1, -0.05) is 12.8 Å². The molecule has 0 N–H and O–H groups in total. The Morgan fingerprint density at radius 1 is 1.31 bits per heavy atom. The van der Waals surface area contributed by atoms with E-state index in [0.29, 0.717) is 11.8 Å². The first kappa shape index (κ1) is 9.20. The summed E-state index contributed by atoms with van der Waals surface area (Å²) in [5.74, 6) is 1.17. The fourth-order valence-electron chi connectivity index (χ4n) is 3.14. The molecule has 0 aromatic carbocycles. The minimum absolute atomic E-state index is 0.230. The van der Waals surface area contributed by atoms with E-state index < -0.39 is 0 Å². The van der Waals surface area contributed by atoms with Gasteiger partial charge in [-0.05, 0) is 39.2 Å². The maximum Gasteiger partial charge on any atom is 0.146 e. The molecule has 0 aromatic heterocycles. The molecule has 0 aromatic rings. The van der Waals surface area contributed by atoms with Crippen LogP contribution < -0.4 is 0 Å². The lowest BCUT2D eigenvalue weighted by Gasteiger charge is -2.30. The lowest BCUT2D eigenvalue weighted by atomic mass is 9.84. The molecule has 2 nitrogen and oxygen atoms in total. The average Bonchev–Trinajstić information content (AvgIpc) is 2.45. The van der Waals surface area contributed by atoms with Crippen LogP contribution >= 0.6 is 0 Å². The van der Waals surface area contributed by atoms with Gasteiger partial charge in [0.05, 0.1) is 6.04 Å². The van der Waals surface area contributed by atoms with Crippen molar-refractivity contribution >= 4 is 5.78 Å². The summed E-state index contributed by atoms with van der Waals surface area (Å²) in [6, 6.07) is 0.941. The summed E-state index contributed by atoms with van der Waals surface area (Å²) in [4.78, 5) is 13.7. The summed E-state index contributed by atoms with van der Waals surface area (Å²) in [5.41, 5.74) is 0. The zero-order chi connectivity index (χ0) is 9.42. The van der Waals surface area contributed by atoms with E-state index in [1.165, 1.54) is 25.7 Å². The van der Waals surface area contributed by atoms with Crippen molar-refractivity contribution in [3.05, 3.63) is 0 Å². The number of likely N-dealkylation sites (tertiary alicyclic amines) is 1. The second kappa shape index (κ2) is 3.41. The average molecular weight is 181 g/mol. The van der Waals surface area contributed by atoms with E-state index in [2.05, 4.69) is 11.9 Å². The van der Waals surface area contributed by atoms with Gasteiger partial charge in [0.25, 0.3) is 0 Å². The number of hydrogen-bond donors (Lipinski definition) is 0. The van der Waals surface area contributed by atoms with Crippen LogP contribution in [0.25, 0.3) is 0 Å². The fraction of sp³-hybridized carbons (Fsp3) is 0.909. The molecule has 1 saturated heterocycles. The predicted molar refractivity (Wildman–Crippen MR) is 52.6 cm³/mol. The van der Waals surface area contributed by atoms with Gasteiger partial charge in [0.1, 0.15) is 5.78 Å². The van der Waals surface area contributed by atoms with Crippen molar-refractivity contribution in [3.8, 4) is 0 Å². The van der Waals surface area contributed by atoms with Crippen LogP contribution in [-0.4, -0.2) is 29.8 Å². The van der Waals surface area contributed by atoms with Gasteiger partial charge in [-0.25, -0.2) is 0 Å². The van der Waals surface area contributed by atoms with E-state index >= 15 is 0 Å². The quantitative estimate of drug-likeness (QED) is 0.615. The second-order valence-electron chi connectivity index (χ2n) is 4.64. The maximum absolute atomic E-state index is 11.4. The second-order valence-corrected chi connectivity index (χ2v) is 4.64. The number of ketones is 1. The number of carbonyl (C=O) groups excluding carboxylic acids is 1. The molecular weight excluding hydrogens is 162 g/mol. The zero-order valence-electron chi connectivity index (χ0n) is 8.62. The number of carbonyl (C=O) groups is 1. The zero-order valence-corrected chi connectivity index (χ0v) is 8.62. The molecule has 0 radical (unpaired) electrons. The highest BCUT2D eigenvalue weighted by atomic mass is 16.1. The topological polar surface area (TPSA) is 20.3 Å². The Balaban J connectivity index is 2.09. The van der Waals surface area contributed by atoms with Crippen molar-refractivity contribution in [2.45, 2.75) is 51.1 Å². The Labute approximate surface area is 80.3 Å². The van der Waals surface area contributed by atoms with E-state index in [-0.39, 0.29) is 6.04 Å². The van der Waals surface area contributed by atoms with Gasteiger partial charge in [0.2, 0.25) is 0 Å². The minimum atomic E-state index is 0.230. The van der Waals surface area contributed by atoms with Crippen molar-refractivity contribution in [1.29, 1.82) is 0 Å². The third-order valence-corrected chi connectivity index (χ3v) is 3.88. The maximum atomic E-state index is 11.4. The molecule has 2 fully saturated rings. The normalized spacial score (nSPS) is 40.3. The van der Waals surface area contributed by atoms with E-state index in [0.717, 1.165) is 12.3 Å². The Morgan fingerprint density at radius 3 is 2.62 bits per heavy atom. The largest absolute Gasteiger partial charge is 0.298 e. The Bertz CT molecular complexity index is 214. The van der Waals surface area contributed by atoms with Crippen molar-refractivity contribution in [3.63, 3.8) is 0 Å². The van der Waals surface area contributed by atoms with Gasteiger partial charge in [0, 0.05) is 6.04 Å². The predicted octanol–water partition coefficient (Wildman–Crippen LogP) is 1.84. The molecule has 1 saturated carbocycles. The van der Waals surface area contributed by atoms with Crippen molar-refractivity contribution in [2.75, 3.05) is 7.05 Å². The summed E-state index contributed by atoms with van der Waals surface area (Å²) in [6.07, 6.45) is 6.51. The van der Waals surface area contributed by atoms with Crippen molar-refractivity contribution in [2.24, 2.45) is 5.92 Å². The molecule has 2 heteroatoms. The molecule has 1 aliphatic carbocycles. The van der Waals surface area contributed by atoms with E-state index in [1.807, 2.05) is 0 Å².